The minimum absolute atomic E-state index is 0.343. The number of carbonyl (C=O) groups excluding carboxylic acids is 2. The minimum Gasteiger partial charge on any atom is -0.300 e. The zero-order valence-corrected chi connectivity index (χ0v) is 27.2. The van der Waals surface area contributed by atoms with Crippen LogP contribution in [0.3, 0.4) is 0 Å². The van der Waals surface area contributed by atoms with Gasteiger partial charge in [-0.25, -0.2) is 0 Å². The van der Waals surface area contributed by atoms with E-state index in [0.717, 1.165) is 38.5 Å². The molecule has 232 valence electrons. The fourth-order valence-corrected chi connectivity index (χ4v) is 5.81. The molecule has 0 atom stereocenters. The predicted molar refractivity (Wildman–Crippen MR) is 174 cm³/mol. The van der Waals surface area contributed by atoms with Crippen LogP contribution in [0.1, 0.15) is 226 Å². The van der Waals surface area contributed by atoms with E-state index >= 15 is 0 Å². The molecular formula is C37H72O2. The highest BCUT2D eigenvalue weighted by molar-refractivity contribution is 5.78. The smallest absolute Gasteiger partial charge is 0.132 e. The molecule has 39 heavy (non-hydrogen) atoms. The average molecular weight is 549 g/mol. The van der Waals surface area contributed by atoms with Crippen LogP contribution in [-0.2, 0) is 9.59 Å². The SMILES string of the molecule is CCCCCCCCCCCCCC(=O)CCCCCCCCCCCCCCCCCCCCCC(C)=O. The molecule has 2 heteroatoms. The van der Waals surface area contributed by atoms with E-state index in [0.29, 0.717) is 11.6 Å². The molecular weight excluding hydrogens is 476 g/mol. The first-order chi connectivity index (χ1) is 19.2. The van der Waals surface area contributed by atoms with Crippen molar-refractivity contribution in [3.63, 3.8) is 0 Å². The van der Waals surface area contributed by atoms with Crippen molar-refractivity contribution >= 4 is 11.6 Å². The molecule has 0 spiro atoms. The van der Waals surface area contributed by atoms with Crippen molar-refractivity contribution < 1.29 is 9.59 Å². The molecule has 0 aromatic carbocycles. The number of Topliss-reactive ketones (excluding diaryl/α,β-unsaturated/α-hetero) is 2. The van der Waals surface area contributed by atoms with E-state index in [2.05, 4.69) is 6.92 Å². The maximum atomic E-state index is 12.1. The van der Waals surface area contributed by atoms with E-state index in [-0.39, 0.29) is 0 Å². The summed E-state index contributed by atoms with van der Waals surface area (Å²) in [6.45, 7) is 3.99. The van der Waals surface area contributed by atoms with Crippen molar-refractivity contribution in [2.24, 2.45) is 0 Å². The number of hydrogen-bond acceptors (Lipinski definition) is 2. The summed E-state index contributed by atoms with van der Waals surface area (Å²) in [5.74, 6) is 0.860. The van der Waals surface area contributed by atoms with E-state index in [9.17, 15) is 9.59 Å². The summed E-state index contributed by atoms with van der Waals surface area (Å²) < 4.78 is 0. The lowest BCUT2D eigenvalue weighted by atomic mass is 10.0. The fraction of sp³-hybridized carbons (Fsp3) is 0.946. The lowest BCUT2D eigenvalue weighted by molar-refractivity contribution is -0.119. The highest BCUT2D eigenvalue weighted by atomic mass is 16.1. The molecule has 0 aromatic rings. The van der Waals surface area contributed by atoms with Crippen molar-refractivity contribution in [3.05, 3.63) is 0 Å². The van der Waals surface area contributed by atoms with Gasteiger partial charge in [0.2, 0.25) is 0 Å². The predicted octanol–water partition coefficient (Wildman–Crippen LogP) is 13.0. The normalized spacial score (nSPS) is 11.3. The summed E-state index contributed by atoms with van der Waals surface area (Å²) in [5.41, 5.74) is 0. The molecule has 0 aliphatic carbocycles. The van der Waals surface area contributed by atoms with Crippen LogP contribution >= 0.6 is 0 Å². The van der Waals surface area contributed by atoms with Gasteiger partial charge in [0.05, 0.1) is 0 Å². The third-order valence-corrected chi connectivity index (χ3v) is 8.54. The van der Waals surface area contributed by atoms with Gasteiger partial charge in [-0.05, 0) is 26.2 Å². The second kappa shape index (κ2) is 33.5. The number of carbonyl (C=O) groups is 2. The molecule has 0 bridgehead atoms. The van der Waals surface area contributed by atoms with Crippen LogP contribution < -0.4 is 0 Å². The van der Waals surface area contributed by atoms with Gasteiger partial charge in [-0.2, -0.15) is 0 Å². The van der Waals surface area contributed by atoms with Gasteiger partial charge < -0.3 is 4.79 Å². The summed E-state index contributed by atoms with van der Waals surface area (Å²) >= 11 is 0. The number of rotatable bonds is 34. The van der Waals surface area contributed by atoms with Crippen molar-refractivity contribution in [1.29, 1.82) is 0 Å². The molecule has 0 aliphatic heterocycles. The van der Waals surface area contributed by atoms with Crippen LogP contribution in [0.25, 0.3) is 0 Å². The van der Waals surface area contributed by atoms with Gasteiger partial charge in [-0.3, -0.25) is 4.79 Å². The Balaban J connectivity index is 3.14. The zero-order valence-electron chi connectivity index (χ0n) is 27.2. The summed E-state index contributed by atoms with van der Waals surface area (Å²) in [6, 6.07) is 0. The van der Waals surface area contributed by atoms with Crippen molar-refractivity contribution in [2.45, 2.75) is 226 Å². The van der Waals surface area contributed by atoms with Crippen LogP contribution in [0.15, 0.2) is 0 Å². The van der Waals surface area contributed by atoms with E-state index in [1.54, 1.807) is 6.92 Å². The van der Waals surface area contributed by atoms with Crippen LogP contribution in [0.5, 0.6) is 0 Å². The molecule has 0 saturated carbocycles. The van der Waals surface area contributed by atoms with Gasteiger partial charge in [0.1, 0.15) is 11.6 Å². The Morgan fingerprint density at radius 2 is 0.513 bits per heavy atom. The highest BCUT2D eigenvalue weighted by Gasteiger charge is 2.02. The fourth-order valence-electron chi connectivity index (χ4n) is 5.81. The van der Waals surface area contributed by atoms with Gasteiger partial charge in [0.15, 0.2) is 0 Å². The minimum atomic E-state index is 0.343. The van der Waals surface area contributed by atoms with Gasteiger partial charge in [-0.15, -0.1) is 0 Å². The first kappa shape index (κ1) is 38.3. The van der Waals surface area contributed by atoms with E-state index in [1.165, 1.54) is 173 Å². The zero-order chi connectivity index (χ0) is 28.5. The first-order valence-electron chi connectivity index (χ1n) is 18.2. The summed E-state index contributed by atoms with van der Waals surface area (Å²) in [6.07, 6.45) is 43.0. The molecule has 2 nitrogen and oxygen atoms in total. The third kappa shape index (κ3) is 35.3. The quantitative estimate of drug-likeness (QED) is 0.0749. The molecule has 0 amide bonds. The molecule has 0 rings (SSSR count). The lowest BCUT2D eigenvalue weighted by Gasteiger charge is -2.04. The molecule has 0 unspecified atom stereocenters. The van der Waals surface area contributed by atoms with E-state index < -0.39 is 0 Å². The van der Waals surface area contributed by atoms with Crippen molar-refractivity contribution in [2.75, 3.05) is 0 Å². The van der Waals surface area contributed by atoms with E-state index in [1.807, 2.05) is 0 Å². The van der Waals surface area contributed by atoms with Gasteiger partial charge in [0, 0.05) is 19.3 Å². The topological polar surface area (TPSA) is 34.1 Å². The second-order valence-electron chi connectivity index (χ2n) is 12.7. The molecule has 0 aliphatic rings. The monoisotopic (exact) mass is 549 g/mol. The third-order valence-electron chi connectivity index (χ3n) is 8.54. The highest BCUT2D eigenvalue weighted by Crippen LogP contribution is 2.16. The largest absolute Gasteiger partial charge is 0.300 e. The molecule has 0 fully saturated rings. The van der Waals surface area contributed by atoms with Crippen LogP contribution in [0.4, 0.5) is 0 Å². The molecule has 0 heterocycles. The van der Waals surface area contributed by atoms with Gasteiger partial charge >= 0.3 is 0 Å². The second-order valence-corrected chi connectivity index (χ2v) is 12.7. The molecule has 0 radical (unpaired) electrons. The lowest BCUT2D eigenvalue weighted by Crippen LogP contribution is -1.97. The molecule has 0 saturated heterocycles. The van der Waals surface area contributed by atoms with Crippen LogP contribution in [-0.4, -0.2) is 11.6 Å². The Labute approximate surface area is 246 Å². The van der Waals surface area contributed by atoms with Crippen LogP contribution in [0, 0.1) is 0 Å². The van der Waals surface area contributed by atoms with Gasteiger partial charge in [0.25, 0.3) is 0 Å². The molecule has 0 aromatic heterocycles. The van der Waals surface area contributed by atoms with Crippen LogP contribution in [0.2, 0.25) is 0 Å². The maximum Gasteiger partial charge on any atom is 0.132 e. The Kier molecular flexibility index (Phi) is 33.0. The Bertz CT molecular complexity index is 498. The summed E-state index contributed by atoms with van der Waals surface area (Å²) in [4.78, 5) is 23.0. The number of unbranched alkanes of at least 4 members (excludes halogenated alkanes) is 28. The maximum absolute atomic E-state index is 12.1. The number of ketones is 2. The Morgan fingerprint density at radius 1 is 0.308 bits per heavy atom. The Hall–Kier alpha value is -0.660. The Morgan fingerprint density at radius 3 is 0.744 bits per heavy atom. The van der Waals surface area contributed by atoms with Crippen molar-refractivity contribution in [3.8, 4) is 0 Å². The average Bonchev–Trinajstić information content (AvgIpc) is 2.92. The van der Waals surface area contributed by atoms with E-state index in [4.69, 9.17) is 0 Å². The van der Waals surface area contributed by atoms with Gasteiger partial charge in [-0.1, -0.05) is 180 Å². The first-order valence-corrected chi connectivity index (χ1v) is 18.2. The standard InChI is InChI=1S/C37H72O2/c1-3-4-5-6-7-8-18-22-25-28-31-34-37(39)35-32-29-26-23-20-17-15-13-11-9-10-12-14-16-19-21-24-27-30-33-36(2)38/h3-35H2,1-2H3. The summed E-state index contributed by atoms with van der Waals surface area (Å²) in [5, 5.41) is 0. The summed E-state index contributed by atoms with van der Waals surface area (Å²) in [7, 11) is 0. The molecule has 0 N–H and O–H groups in total. The number of hydrogen-bond donors (Lipinski definition) is 0. The van der Waals surface area contributed by atoms with Crippen molar-refractivity contribution in [1.82, 2.24) is 0 Å².